The number of aliphatic carboxylic acids is 1. The van der Waals surface area contributed by atoms with Gasteiger partial charge in [0.25, 0.3) is 11.8 Å². The molecule has 1 atom stereocenters. The van der Waals surface area contributed by atoms with Crippen LogP contribution in [0.5, 0.6) is 5.75 Å². The maximum atomic E-state index is 13.7. The van der Waals surface area contributed by atoms with Crippen LogP contribution in [0.4, 0.5) is 22.0 Å². The molecule has 1 fully saturated rings. The van der Waals surface area contributed by atoms with E-state index in [1.807, 2.05) is 18.2 Å². The molecule has 3 aromatic rings. The van der Waals surface area contributed by atoms with Crippen molar-refractivity contribution >= 4 is 34.6 Å². The minimum absolute atomic E-state index is 0.0830. The summed E-state index contributed by atoms with van der Waals surface area (Å²) in [5.74, 6) is -6.87. The van der Waals surface area contributed by atoms with Crippen LogP contribution in [0.15, 0.2) is 54.7 Å². The number of fused-ring (bicyclic) bond motifs is 1. The van der Waals surface area contributed by atoms with Crippen molar-refractivity contribution in [2.24, 2.45) is 5.73 Å². The molecule has 0 bridgehead atoms. The molecule has 244 valence electrons. The highest BCUT2D eigenvalue weighted by Crippen LogP contribution is 2.32. The molecule has 1 aliphatic rings. The number of nitriles is 1. The zero-order valence-corrected chi connectivity index (χ0v) is 23.8. The van der Waals surface area contributed by atoms with Gasteiger partial charge in [-0.25, -0.2) is 13.6 Å². The number of nitrogens with one attached hydrogen (secondary N) is 2. The van der Waals surface area contributed by atoms with E-state index in [1.54, 1.807) is 30.3 Å². The minimum Gasteiger partial charge on any atom is -0.492 e. The van der Waals surface area contributed by atoms with Gasteiger partial charge in [-0.2, -0.15) is 18.4 Å². The maximum absolute atomic E-state index is 13.7. The van der Waals surface area contributed by atoms with Crippen LogP contribution >= 0.6 is 0 Å². The zero-order chi connectivity index (χ0) is 34.1. The van der Waals surface area contributed by atoms with E-state index in [4.69, 9.17) is 25.6 Å². The number of alkyl halides is 5. The van der Waals surface area contributed by atoms with Crippen molar-refractivity contribution in [3.8, 4) is 22.9 Å². The number of carboxylic acid groups (broad SMARTS) is 1. The van der Waals surface area contributed by atoms with E-state index >= 15 is 0 Å². The molecule has 17 heteroatoms. The number of carbonyl (C=O) groups excluding carboxylic acids is 3. The molecule has 2 aromatic carbocycles. The van der Waals surface area contributed by atoms with Crippen molar-refractivity contribution in [1.82, 2.24) is 20.5 Å². The minimum atomic E-state index is -5.08. The predicted molar refractivity (Wildman–Crippen MR) is 151 cm³/mol. The Morgan fingerprint density at radius 1 is 1.09 bits per heavy atom. The summed E-state index contributed by atoms with van der Waals surface area (Å²) in [4.78, 5) is 50.6. The van der Waals surface area contributed by atoms with Crippen LogP contribution in [0.1, 0.15) is 16.8 Å². The van der Waals surface area contributed by atoms with E-state index in [-0.39, 0.29) is 24.6 Å². The number of nitrogens with two attached hydrogens (primary N) is 1. The fourth-order valence-corrected chi connectivity index (χ4v) is 4.25. The molecule has 0 saturated carbocycles. The van der Waals surface area contributed by atoms with Crippen LogP contribution in [0.25, 0.3) is 22.0 Å². The molecule has 0 radical (unpaired) electrons. The van der Waals surface area contributed by atoms with Gasteiger partial charge < -0.3 is 31.1 Å². The number of hydrogen-bond donors (Lipinski definition) is 4. The van der Waals surface area contributed by atoms with E-state index in [1.165, 1.54) is 12.3 Å². The van der Waals surface area contributed by atoms with E-state index in [9.17, 15) is 36.3 Å². The number of rotatable bonds is 9. The molecule has 4 rings (SSSR count). The molecule has 0 unspecified atom stereocenters. The van der Waals surface area contributed by atoms with Gasteiger partial charge >= 0.3 is 12.1 Å². The van der Waals surface area contributed by atoms with Gasteiger partial charge in [0.1, 0.15) is 18.4 Å². The number of aromatic nitrogens is 1. The Morgan fingerprint density at radius 2 is 1.74 bits per heavy atom. The standard InChI is InChI=1S/C27H26F2N6O4.C2HF3O2/c28-27(29)12-19(13-30)35(16-27)25(37)15-34-26(38)21-7-8-32-23-6-3-18(11-22(21)23)17-1-4-20(5-2-17)39-10-9-33-24(36)14-31;3-2(4,5)1(6)7/h1-8,11,19H,9-10,12,14-16,31H2,(H,33,36)(H,34,38);(H,6,7)/t19-;/m0./s1. The summed E-state index contributed by atoms with van der Waals surface area (Å²) < 4.78 is 64.7. The number of likely N-dealkylation sites (tertiary alicyclic amines) is 1. The third kappa shape index (κ3) is 9.56. The van der Waals surface area contributed by atoms with Gasteiger partial charge in [-0.3, -0.25) is 19.4 Å². The summed E-state index contributed by atoms with van der Waals surface area (Å²) >= 11 is 0. The van der Waals surface area contributed by atoms with Crippen molar-refractivity contribution in [3.63, 3.8) is 0 Å². The molecule has 3 amide bonds. The lowest BCUT2D eigenvalue weighted by Gasteiger charge is -2.19. The average Bonchev–Trinajstić information content (AvgIpc) is 3.35. The van der Waals surface area contributed by atoms with E-state index < -0.39 is 55.4 Å². The van der Waals surface area contributed by atoms with Gasteiger partial charge in [-0.15, -0.1) is 0 Å². The molecule has 12 nitrogen and oxygen atoms in total. The quantitative estimate of drug-likeness (QED) is 0.199. The summed E-state index contributed by atoms with van der Waals surface area (Å²) in [5.41, 5.74) is 7.71. The highest BCUT2D eigenvalue weighted by Gasteiger charge is 2.47. The Labute approximate surface area is 257 Å². The Bertz CT molecular complexity index is 1630. The summed E-state index contributed by atoms with van der Waals surface area (Å²) in [6.07, 6.45) is -4.34. The summed E-state index contributed by atoms with van der Waals surface area (Å²) in [7, 11) is 0. The first-order chi connectivity index (χ1) is 21.6. The number of pyridine rings is 1. The summed E-state index contributed by atoms with van der Waals surface area (Å²) in [6, 6.07) is 14.7. The normalized spacial score (nSPS) is 15.2. The smallest absolute Gasteiger partial charge is 0.490 e. The van der Waals surface area contributed by atoms with Crippen LogP contribution in [0.3, 0.4) is 0 Å². The molecule has 2 heterocycles. The van der Waals surface area contributed by atoms with Crippen molar-refractivity contribution < 1.29 is 51.0 Å². The molecule has 1 saturated heterocycles. The number of benzene rings is 2. The SMILES string of the molecule is N#C[C@@H]1CC(F)(F)CN1C(=O)CNC(=O)c1ccnc2ccc(-c3ccc(OCCNC(=O)CN)cc3)cc12.O=C(O)C(F)(F)F. The third-order valence-corrected chi connectivity index (χ3v) is 6.43. The first-order valence-electron chi connectivity index (χ1n) is 13.4. The number of carbonyl (C=O) groups is 4. The molecule has 1 aliphatic heterocycles. The number of nitrogens with zero attached hydrogens (tertiary/aromatic N) is 3. The number of ether oxygens (including phenoxy) is 1. The van der Waals surface area contributed by atoms with Gasteiger partial charge in [0.2, 0.25) is 11.8 Å². The highest BCUT2D eigenvalue weighted by molar-refractivity contribution is 6.07. The molecule has 5 N–H and O–H groups in total. The van der Waals surface area contributed by atoms with Crippen LogP contribution in [0, 0.1) is 11.3 Å². The van der Waals surface area contributed by atoms with Gasteiger partial charge in [-0.1, -0.05) is 18.2 Å². The highest BCUT2D eigenvalue weighted by atomic mass is 19.4. The van der Waals surface area contributed by atoms with Crippen LogP contribution in [-0.4, -0.2) is 89.6 Å². The van der Waals surface area contributed by atoms with Gasteiger partial charge in [0.05, 0.1) is 43.3 Å². The summed E-state index contributed by atoms with van der Waals surface area (Å²) in [6.45, 7) is -0.842. The molecular formula is C29H27F5N6O6. The van der Waals surface area contributed by atoms with Gasteiger partial charge in [-0.05, 0) is 41.5 Å². The monoisotopic (exact) mass is 650 g/mol. The lowest BCUT2D eigenvalue weighted by atomic mass is 10.0. The number of carboxylic acids is 1. The Kier molecular flexibility index (Phi) is 11.5. The fraction of sp³-hybridized carbons (Fsp3) is 0.310. The number of halogens is 5. The lowest BCUT2D eigenvalue weighted by Crippen LogP contribution is -2.43. The fourth-order valence-electron chi connectivity index (χ4n) is 4.25. The molecular weight excluding hydrogens is 623 g/mol. The van der Waals surface area contributed by atoms with Crippen molar-refractivity contribution in [1.29, 1.82) is 5.26 Å². The first-order valence-corrected chi connectivity index (χ1v) is 13.4. The Hall–Kier alpha value is -5.37. The van der Waals surface area contributed by atoms with E-state index in [0.717, 1.165) is 16.0 Å². The summed E-state index contributed by atoms with van der Waals surface area (Å²) in [5, 5.41) is 21.9. The number of amides is 3. The lowest BCUT2D eigenvalue weighted by molar-refractivity contribution is -0.192. The van der Waals surface area contributed by atoms with Crippen LogP contribution in [0.2, 0.25) is 0 Å². The topological polar surface area (TPSA) is 188 Å². The van der Waals surface area contributed by atoms with Crippen molar-refractivity contribution in [2.45, 2.75) is 24.6 Å². The second-order valence-corrected chi connectivity index (χ2v) is 9.73. The van der Waals surface area contributed by atoms with E-state index in [0.29, 0.717) is 23.2 Å². The zero-order valence-electron chi connectivity index (χ0n) is 23.8. The van der Waals surface area contributed by atoms with Crippen LogP contribution in [-0.2, 0) is 14.4 Å². The maximum Gasteiger partial charge on any atom is 0.490 e. The Morgan fingerprint density at radius 3 is 2.35 bits per heavy atom. The largest absolute Gasteiger partial charge is 0.492 e. The Balaban J connectivity index is 0.000000738. The third-order valence-electron chi connectivity index (χ3n) is 6.43. The van der Waals surface area contributed by atoms with E-state index in [2.05, 4.69) is 15.6 Å². The average molecular weight is 651 g/mol. The molecule has 46 heavy (non-hydrogen) atoms. The van der Waals surface area contributed by atoms with Gasteiger partial charge in [0.15, 0.2) is 0 Å². The second kappa shape index (κ2) is 15.1. The van der Waals surface area contributed by atoms with Gasteiger partial charge in [0, 0.05) is 18.0 Å². The number of hydrogen-bond acceptors (Lipinski definition) is 8. The van der Waals surface area contributed by atoms with Crippen LogP contribution < -0.4 is 21.1 Å². The predicted octanol–water partition coefficient (Wildman–Crippen LogP) is 2.48. The molecule has 0 spiro atoms. The second-order valence-electron chi connectivity index (χ2n) is 9.73. The molecule has 1 aromatic heterocycles. The molecule has 0 aliphatic carbocycles. The van der Waals surface area contributed by atoms with Crippen molar-refractivity contribution in [3.05, 3.63) is 60.3 Å². The van der Waals surface area contributed by atoms with Crippen molar-refractivity contribution in [2.75, 3.05) is 32.8 Å². The first kappa shape index (κ1) is 35.1.